The zero-order chi connectivity index (χ0) is 13.2. The number of anilines is 1. The molecule has 0 radical (unpaired) electrons. The maximum absolute atomic E-state index is 11.9. The van der Waals surface area contributed by atoms with Gasteiger partial charge in [-0.2, -0.15) is 13.2 Å². The summed E-state index contributed by atoms with van der Waals surface area (Å²) in [5, 5.41) is 11.6. The Morgan fingerprint density at radius 3 is 2.47 bits per heavy atom. The lowest BCUT2D eigenvalue weighted by Gasteiger charge is -2.08. The Morgan fingerprint density at radius 1 is 1.41 bits per heavy atom. The summed E-state index contributed by atoms with van der Waals surface area (Å²) >= 11 is 5.49. The van der Waals surface area contributed by atoms with E-state index in [9.17, 15) is 28.1 Å². The first-order chi connectivity index (χ1) is 7.71. The summed E-state index contributed by atoms with van der Waals surface area (Å²) in [5.74, 6) is -2.25. The number of hydrogen-bond donors (Lipinski definition) is 1. The van der Waals surface area contributed by atoms with Crippen LogP contribution in [0.15, 0.2) is 18.2 Å². The predicted octanol–water partition coefficient (Wildman–Crippen LogP) is 2.75. The van der Waals surface area contributed by atoms with Gasteiger partial charge in [-0.1, -0.05) is 11.6 Å². The third-order valence-corrected chi connectivity index (χ3v) is 2.00. The number of nitrogens with zero attached hydrogens (tertiary/aromatic N) is 1. The number of halogens is 4. The Balaban J connectivity index is 3.02. The molecule has 0 aliphatic heterocycles. The smallest absolute Gasteiger partial charge is 0.317 e. The van der Waals surface area contributed by atoms with Crippen molar-refractivity contribution in [2.75, 3.05) is 5.32 Å². The van der Waals surface area contributed by atoms with E-state index in [1.165, 1.54) is 5.32 Å². The number of nitro groups is 1. The SMILES string of the molecule is O=C(Nc1cc([N+](=O)[O-])ccc1Cl)C(F)(F)F. The van der Waals surface area contributed by atoms with Crippen LogP contribution in [0.1, 0.15) is 0 Å². The van der Waals surface area contributed by atoms with Crippen LogP contribution in [0.25, 0.3) is 0 Å². The molecule has 0 bridgehead atoms. The van der Waals surface area contributed by atoms with E-state index in [0.717, 1.165) is 18.2 Å². The number of alkyl halides is 3. The van der Waals surface area contributed by atoms with Gasteiger partial charge in [-0.3, -0.25) is 14.9 Å². The molecule has 17 heavy (non-hydrogen) atoms. The van der Waals surface area contributed by atoms with Crippen molar-refractivity contribution in [3.63, 3.8) is 0 Å². The highest BCUT2D eigenvalue weighted by atomic mass is 35.5. The van der Waals surface area contributed by atoms with Gasteiger partial charge in [0, 0.05) is 12.1 Å². The fourth-order valence-electron chi connectivity index (χ4n) is 0.916. The van der Waals surface area contributed by atoms with Gasteiger partial charge < -0.3 is 5.32 Å². The van der Waals surface area contributed by atoms with E-state index in [1.807, 2.05) is 0 Å². The maximum atomic E-state index is 11.9. The van der Waals surface area contributed by atoms with Gasteiger partial charge in [-0.05, 0) is 6.07 Å². The second-order valence-electron chi connectivity index (χ2n) is 2.87. The van der Waals surface area contributed by atoms with Crippen molar-refractivity contribution in [2.45, 2.75) is 6.18 Å². The molecule has 9 heteroatoms. The summed E-state index contributed by atoms with van der Waals surface area (Å²) in [6.07, 6.45) is -5.09. The number of rotatable bonds is 2. The van der Waals surface area contributed by atoms with Crippen molar-refractivity contribution < 1.29 is 22.9 Å². The number of nitrogens with one attached hydrogen (secondary N) is 1. The fraction of sp³-hybridized carbons (Fsp3) is 0.125. The molecule has 0 aliphatic carbocycles. The highest BCUT2D eigenvalue weighted by Crippen LogP contribution is 2.28. The van der Waals surface area contributed by atoms with Gasteiger partial charge in [-0.25, -0.2) is 0 Å². The predicted molar refractivity (Wildman–Crippen MR) is 52.8 cm³/mol. The Labute approximate surface area is 97.3 Å². The topological polar surface area (TPSA) is 72.2 Å². The highest BCUT2D eigenvalue weighted by molar-refractivity contribution is 6.33. The minimum absolute atomic E-state index is 0.229. The first-order valence-corrected chi connectivity index (χ1v) is 4.41. The van der Waals surface area contributed by atoms with Gasteiger partial charge in [0.05, 0.1) is 15.6 Å². The van der Waals surface area contributed by atoms with Crippen LogP contribution in [-0.4, -0.2) is 17.0 Å². The number of nitro benzene ring substituents is 1. The van der Waals surface area contributed by atoms with Gasteiger partial charge >= 0.3 is 12.1 Å². The molecule has 0 fully saturated rings. The molecule has 0 heterocycles. The van der Waals surface area contributed by atoms with Crippen molar-refractivity contribution in [2.24, 2.45) is 0 Å². The Hall–Kier alpha value is -1.83. The van der Waals surface area contributed by atoms with Crippen LogP contribution < -0.4 is 5.32 Å². The van der Waals surface area contributed by atoms with Crippen molar-refractivity contribution in [3.8, 4) is 0 Å². The normalized spacial score (nSPS) is 11.1. The summed E-state index contributed by atoms with van der Waals surface area (Å²) in [6, 6.07) is 2.77. The van der Waals surface area contributed by atoms with E-state index < -0.39 is 28.4 Å². The summed E-state index contributed by atoms with van der Waals surface area (Å²) in [4.78, 5) is 20.2. The van der Waals surface area contributed by atoms with Crippen molar-refractivity contribution in [3.05, 3.63) is 33.3 Å². The molecule has 1 N–H and O–H groups in total. The molecule has 0 saturated heterocycles. The Bertz CT molecular complexity index is 476. The van der Waals surface area contributed by atoms with Crippen LogP contribution in [0, 0.1) is 10.1 Å². The minimum atomic E-state index is -5.09. The molecule has 92 valence electrons. The number of amides is 1. The van der Waals surface area contributed by atoms with E-state index in [-0.39, 0.29) is 5.02 Å². The van der Waals surface area contributed by atoms with Gasteiger partial charge in [0.25, 0.3) is 5.69 Å². The van der Waals surface area contributed by atoms with Crippen molar-refractivity contribution in [1.82, 2.24) is 0 Å². The second kappa shape index (κ2) is 4.58. The van der Waals surface area contributed by atoms with Crippen LogP contribution in [0.4, 0.5) is 24.5 Å². The fourth-order valence-corrected chi connectivity index (χ4v) is 1.08. The molecule has 1 amide bonds. The average Bonchev–Trinajstić information content (AvgIpc) is 2.19. The Kier molecular flexibility index (Phi) is 3.56. The lowest BCUT2D eigenvalue weighted by Crippen LogP contribution is -2.30. The molecule has 1 aromatic carbocycles. The van der Waals surface area contributed by atoms with Gasteiger partial charge in [0.15, 0.2) is 0 Å². The van der Waals surface area contributed by atoms with Crippen LogP contribution in [-0.2, 0) is 4.79 Å². The standard InChI is InChI=1S/C8H4ClF3N2O3/c9-5-2-1-4(14(16)17)3-6(5)13-7(15)8(10,11)12/h1-3H,(H,13,15). The summed E-state index contributed by atoms with van der Waals surface area (Å²) in [7, 11) is 0. The molecule has 0 atom stereocenters. The molecule has 0 spiro atoms. The minimum Gasteiger partial charge on any atom is -0.317 e. The number of carbonyl (C=O) groups is 1. The van der Waals surface area contributed by atoms with E-state index >= 15 is 0 Å². The Morgan fingerprint density at radius 2 is 2.00 bits per heavy atom. The van der Waals surface area contributed by atoms with E-state index in [0.29, 0.717) is 0 Å². The quantitative estimate of drug-likeness (QED) is 0.662. The average molecular weight is 269 g/mol. The van der Waals surface area contributed by atoms with E-state index in [1.54, 1.807) is 0 Å². The summed E-state index contributed by atoms with van der Waals surface area (Å²) in [6.45, 7) is 0. The molecule has 0 unspecified atom stereocenters. The largest absolute Gasteiger partial charge is 0.471 e. The molecule has 1 rings (SSSR count). The molecule has 1 aromatic rings. The molecule has 5 nitrogen and oxygen atoms in total. The lowest BCUT2D eigenvalue weighted by atomic mass is 10.3. The molecule has 0 aliphatic rings. The van der Waals surface area contributed by atoms with Crippen molar-refractivity contribution >= 4 is 28.9 Å². The third kappa shape index (κ3) is 3.31. The molecule has 0 saturated carbocycles. The number of carbonyl (C=O) groups excluding carboxylic acids is 1. The maximum Gasteiger partial charge on any atom is 0.471 e. The van der Waals surface area contributed by atoms with Gasteiger partial charge in [-0.15, -0.1) is 0 Å². The monoisotopic (exact) mass is 268 g/mol. The second-order valence-corrected chi connectivity index (χ2v) is 3.28. The van der Waals surface area contributed by atoms with E-state index in [2.05, 4.69) is 0 Å². The number of non-ortho nitro benzene ring substituents is 1. The van der Waals surface area contributed by atoms with Gasteiger partial charge in [0.2, 0.25) is 0 Å². The first kappa shape index (κ1) is 13.2. The molecular weight excluding hydrogens is 265 g/mol. The van der Waals surface area contributed by atoms with Crippen LogP contribution >= 0.6 is 11.6 Å². The molecule has 0 aromatic heterocycles. The zero-order valence-corrected chi connectivity index (χ0v) is 8.67. The number of benzene rings is 1. The van der Waals surface area contributed by atoms with Crippen molar-refractivity contribution in [1.29, 1.82) is 0 Å². The van der Waals surface area contributed by atoms with Crippen LogP contribution in [0.3, 0.4) is 0 Å². The van der Waals surface area contributed by atoms with Gasteiger partial charge in [0.1, 0.15) is 0 Å². The van der Waals surface area contributed by atoms with Crippen LogP contribution in [0.5, 0.6) is 0 Å². The van der Waals surface area contributed by atoms with Crippen LogP contribution in [0.2, 0.25) is 5.02 Å². The lowest BCUT2D eigenvalue weighted by molar-refractivity contribution is -0.384. The third-order valence-electron chi connectivity index (χ3n) is 1.67. The summed E-state index contributed by atoms with van der Waals surface area (Å²) in [5.41, 5.74) is -0.949. The zero-order valence-electron chi connectivity index (χ0n) is 7.92. The van der Waals surface area contributed by atoms with E-state index in [4.69, 9.17) is 11.6 Å². The summed E-state index contributed by atoms with van der Waals surface area (Å²) < 4.78 is 35.8. The highest BCUT2D eigenvalue weighted by Gasteiger charge is 2.39. The molecular formula is C8H4ClF3N2O3. The number of hydrogen-bond acceptors (Lipinski definition) is 3. The first-order valence-electron chi connectivity index (χ1n) is 4.04.